The molecular weight excluding hydrogens is 239 g/mol. The van der Waals surface area contributed by atoms with Crippen LogP contribution in [0.15, 0.2) is 18.2 Å². The molecule has 1 aromatic carbocycles. The molecule has 0 bridgehead atoms. The summed E-state index contributed by atoms with van der Waals surface area (Å²) >= 11 is 0. The maximum absolute atomic E-state index is 12.0. The minimum atomic E-state index is -4.74. The molecular formula is C9H8F3N3O2. The van der Waals surface area contributed by atoms with Crippen LogP contribution in [0.3, 0.4) is 0 Å². The van der Waals surface area contributed by atoms with Gasteiger partial charge in [-0.2, -0.15) is 0 Å². The van der Waals surface area contributed by atoms with Crippen molar-refractivity contribution >= 4 is 11.7 Å². The molecule has 0 saturated carbocycles. The number of carbonyl (C=O) groups is 1. The van der Waals surface area contributed by atoms with Gasteiger partial charge in [-0.3, -0.25) is 0 Å². The summed E-state index contributed by atoms with van der Waals surface area (Å²) in [6.45, 7) is 0.108. The molecule has 0 spiro atoms. The van der Waals surface area contributed by atoms with Gasteiger partial charge >= 0.3 is 12.4 Å². The molecule has 0 fully saturated rings. The number of rotatable bonds is 1. The molecule has 0 unspecified atom stereocenters. The van der Waals surface area contributed by atoms with Gasteiger partial charge in [-0.1, -0.05) is 0 Å². The van der Waals surface area contributed by atoms with Gasteiger partial charge in [0.1, 0.15) is 5.75 Å². The Balaban J connectivity index is 2.29. The van der Waals surface area contributed by atoms with Crippen LogP contribution in [-0.2, 0) is 6.54 Å². The molecule has 1 aromatic rings. The van der Waals surface area contributed by atoms with E-state index >= 15 is 0 Å². The van der Waals surface area contributed by atoms with Crippen molar-refractivity contribution in [1.82, 2.24) is 5.32 Å². The SMILES string of the molecule is NN1C(=O)NCc2cc(OC(F)(F)F)ccc21. The lowest BCUT2D eigenvalue weighted by Crippen LogP contribution is -2.48. The van der Waals surface area contributed by atoms with Crippen molar-refractivity contribution in [3.63, 3.8) is 0 Å². The Labute approximate surface area is 93.9 Å². The number of urea groups is 1. The van der Waals surface area contributed by atoms with Gasteiger partial charge in [-0.15, -0.1) is 13.2 Å². The van der Waals surface area contributed by atoms with Gasteiger partial charge in [0.25, 0.3) is 0 Å². The van der Waals surface area contributed by atoms with E-state index in [0.717, 1.165) is 11.1 Å². The first kappa shape index (κ1) is 11.5. The number of hydrogen-bond donors (Lipinski definition) is 2. The first-order chi connectivity index (χ1) is 7.87. The number of halogens is 3. The summed E-state index contributed by atoms with van der Waals surface area (Å²) in [7, 11) is 0. The molecule has 2 amide bonds. The third kappa shape index (κ3) is 2.41. The molecule has 1 aliphatic heterocycles. The van der Waals surface area contributed by atoms with Crippen molar-refractivity contribution in [3.05, 3.63) is 23.8 Å². The Morgan fingerprint density at radius 2 is 2.12 bits per heavy atom. The third-order valence-electron chi connectivity index (χ3n) is 2.19. The fourth-order valence-corrected chi connectivity index (χ4v) is 1.50. The molecule has 0 aromatic heterocycles. The zero-order chi connectivity index (χ0) is 12.6. The van der Waals surface area contributed by atoms with E-state index in [1.54, 1.807) is 0 Å². The van der Waals surface area contributed by atoms with E-state index in [1.807, 2.05) is 0 Å². The molecule has 5 nitrogen and oxygen atoms in total. The predicted molar refractivity (Wildman–Crippen MR) is 52.0 cm³/mol. The maximum Gasteiger partial charge on any atom is 0.573 e. The van der Waals surface area contributed by atoms with Crippen LogP contribution in [0, 0.1) is 0 Å². The topological polar surface area (TPSA) is 67.6 Å². The molecule has 8 heteroatoms. The third-order valence-corrected chi connectivity index (χ3v) is 2.19. The van der Waals surface area contributed by atoms with E-state index in [2.05, 4.69) is 10.1 Å². The number of hydrazine groups is 1. The van der Waals surface area contributed by atoms with Crippen LogP contribution in [0.1, 0.15) is 5.56 Å². The van der Waals surface area contributed by atoms with Crippen LogP contribution < -0.4 is 20.9 Å². The number of nitrogens with one attached hydrogen (secondary N) is 1. The van der Waals surface area contributed by atoms with E-state index in [1.165, 1.54) is 12.1 Å². The average molecular weight is 247 g/mol. The molecule has 92 valence electrons. The molecule has 0 atom stereocenters. The monoisotopic (exact) mass is 247 g/mol. The highest BCUT2D eigenvalue weighted by molar-refractivity contribution is 5.93. The molecule has 0 saturated heterocycles. The second-order valence-electron chi connectivity index (χ2n) is 3.37. The van der Waals surface area contributed by atoms with E-state index < -0.39 is 12.4 Å². The molecule has 0 aliphatic carbocycles. The van der Waals surface area contributed by atoms with E-state index in [9.17, 15) is 18.0 Å². The minimum Gasteiger partial charge on any atom is -0.406 e. The van der Waals surface area contributed by atoms with Crippen LogP contribution in [0.25, 0.3) is 0 Å². The number of hydrogen-bond acceptors (Lipinski definition) is 3. The molecule has 2 rings (SSSR count). The lowest BCUT2D eigenvalue weighted by atomic mass is 10.1. The van der Waals surface area contributed by atoms with Gasteiger partial charge < -0.3 is 10.1 Å². The summed E-state index contributed by atoms with van der Waals surface area (Å²) in [6, 6.07) is 3.07. The first-order valence-corrected chi connectivity index (χ1v) is 4.58. The van der Waals surface area contributed by atoms with Crippen molar-refractivity contribution in [3.8, 4) is 5.75 Å². The number of fused-ring (bicyclic) bond motifs is 1. The fourth-order valence-electron chi connectivity index (χ4n) is 1.50. The van der Waals surface area contributed by atoms with Gasteiger partial charge in [0.2, 0.25) is 0 Å². The van der Waals surface area contributed by atoms with Crippen LogP contribution in [-0.4, -0.2) is 12.4 Å². The zero-order valence-corrected chi connectivity index (χ0v) is 8.41. The number of alkyl halides is 3. The summed E-state index contributed by atoms with van der Waals surface area (Å²) in [5.41, 5.74) is 0.803. The molecule has 1 aliphatic rings. The Morgan fingerprint density at radius 1 is 1.41 bits per heavy atom. The highest BCUT2D eigenvalue weighted by Crippen LogP contribution is 2.29. The lowest BCUT2D eigenvalue weighted by molar-refractivity contribution is -0.274. The van der Waals surface area contributed by atoms with Gasteiger partial charge in [0, 0.05) is 12.1 Å². The Kier molecular flexibility index (Phi) is 2.58. The molecule has 0 radical (unpaired) electrons. The first-order valence-electron chi connectivity index (χ1n) is 4.58. The summed E-state index contributed by atoms with van der Waals surface area (Å²) in [4.78, 5) is 11.1. The Morgan fingerprint density at radius 3 is 2.76 bits per heavy atom. The number of nitrogens with zero attached hydrogens (tertiary/aromatic N) is 1. The minimum absolute atomic E-state index is 0.108. The second-order valence-corrected chi connectivity index (χ2v) is 3.37. The Hall–Kier alpha value is -1.96. The zero-order valence-electron chi connectivity index (χ0n) is 8.41. The second kappa shape index (κ2) is 3.81. The summed E-state index contributed by atoms with van der Waals surface area (Å²) in [6.07, 6.45) is -4.74. The van der Waals surface area contributed by atoms with Crippen LogP contribution in [0.2, 0.25) is 0 Å². The van der Waals surface area contributed by atoms with E-state index in [0.29, 0.717) is 11.3 Å². The van der Waals surface area contributed by atoms with Gasteiger partial charge in [-0.05, 0) is 18.2 Å². The lowest BCUT2D eigenvalue weighted by Gasteiger charge is -2.26. The largest absolute Gasteiger partial charge is 0.573 e. The smallest absolute Gasteiger partial charge is 0.406 e. The predicted octanol–water partition coefficient (Wildman–Crippen LogP) is 1.49. The van der Waals surface area contributed by atoms with Gasteiger partial charge in [0.15, 0.2) is 0 Å². The maximum atomic E-state index is 12.0. The highest BCUT2D eigenvalue weighted by Gasteiger charge is 2.32. The standard InChI is InChI=1S/C9H8F3N3O2/c10-9(11,12)17-6-1-2-7-5(3-6)4-14-8(16)15(7)13/h1-3H,4,13H2,(H,14,16). The molecule has 3 N–H and O–H groups in total. The number of nitrogens with two attached hydrogens (primary N) is 1. The van der Waals surface area contributed by atoms with Gasteiger partial charge in [-0.25, -0.2) is 15.6 Å². The van der Waals surface area contributed by atoms with Crippen LogP contribution >= 0.6 is 0 Å². The summed E-state index contributed by atoms with van der Waals surface area (Å²) in [5.74, 6) is 5.08. The molecule has 17 heavy (non-hydrogen) atoms. The highest BCUT2D eigenvalue weighted by atomic mass is 19.4. The van der Waals surface area contributed by atoms with E-state index in [-0.39, 0.29) is 12.3 Å². The van der Waals surface area contributed by atoms with Crippen LogP contribution in [0.4, 0.5) is 23.7 Å². The quantitative estimate of drug-likeness (QED) is 0.583. The van der Waals surface area contributed by atoms with E-state index in [4.69, 9.17) is 5.84 Å². The Bertz CT molecular complexity index is 461. The number of amides is 2. The fraction of sp³-hybridized carbons (Fsp3) is 0.222. The van der Waals surface area contributed by atoms with Crippen molar-refractivity contribution in [1.29, 1.82) is 0 Å². The van der Waals surface area contributed by atoms with Crippen LogP contribution in [0.5, 0.6) is 5.75 Å². The number of ether oxygens (including phenoxy) is 1. The van der Waals surface area contributed by atoms with Gasteiger partial charge in [0.05, 0.1) is 5.69 Å². The van der Waals surface area contributed by atoms with Crippen molar-refractivity contribution in [2.24, 2.45) is 5.84 Å². The van der Waals surface area contributed by atoms with Crippen molar-refractivity contribution in [2.45, 2.75) is 12.9 Å². The number of anilines is 1. The number of carbonyl (C=O) groups excluding carboxylic acids is 1. The average Bonchev–Trinajstić information content (AvgIpc) is 2.21. The normalized spacial score (nSPS) is 15.3. The molecule has 1 heterocycles. The summed E-state index contributed by atoms with van der Waals surface area (Å²) in [5, 5.41) is 3.23. The summed E-state index contributed by atoms with van der Waals surface area (Å²) < 4.78 is 39.7. The number of benzene rings is 1. The van der Waals surface area contributed by atoms with Crippen molar-refractivity contribution < 1.29 is 22.7 Å². The van der Waals surface area contributed by atoms with Crippen molar-refractivity contribution in [2.75, 3.05) is 5.01 Å².